The SMILES string of the molecule is CN=C(NCC1CCN(Cc2cccs2)CC1)N1CCCC(CC(N)=O)C1. The molecular formula is C20H33N5OS. The molecule has 0 spiro atoms. The molecule has 7 heteroatoms. The van der Waals surface area contributed by atoms with E-state index in [9.17, 15) is 4.79 Å². The zero-order valence-corrected chi connectivity index (χ0v) is 17.2. The molecule has 1 atom stereocenters. The normalized spacial score (nSPS) is 22.8. The number of nitrogens with zero attached hydrogens (tertiary/aromatic N) is 3. The van der Waals surface area contributed by atoms with Gasteiger partial charge in [0.05, 0.1) is 0 Å². The first-order chi connectivity index (χ1) is 13.1. The summed E-state index contributed by atoms with van der Waals surface area (Å²) >= 11 is 1.85. The number of hydrogen-bond donors (Lipinski definition) is 2. The Morgan fingerprint density at radius 2 is 2.11 bits per heavy atom. The van der Waals surface area contributed by atoms with E-state index in [4.69, 9.17) is 5.73 Å². The van der Waals surface area contributed by atoms with Crippen molar-refractivity contribution >= 4 is 23.2 Å². The molecule has 3 N–H and O–H groups in total. The molecule has 2 saturated heterocycles. The van der Waals surface area contributed by atoms with E-state index in [1.165, 1.54) is 30.8 Å². The number of aliphatic imine (C=N–C) groups is 1. The van der Waals surface area contributed by atoms with Gasteiger partial charge in [-0.3, -0.25) is 14.7 Å². The highest BCUT2D eigenvalue weighted by atomic mass is 32.1. The number of guanidine groups is 1. The molecule has 2 fully saturated rings. The van der Waals surface area contributed by atoms with Gasteiger partial charge < -0.3 is 16.0 Å². The minimum absolute atomic E-state index is 0.195. The number of nitrogens with two attached hydrogens (primary N) is 1. The molecule has 150 valence electrons. The number of thiophene rings is 1. The van der Waals surface area contributed by atoms with Gasteiger partial charge in [-0.2, -0.15) is 0 Å². The minimum Gasteiger partial charge on any atom is -0.370 e. The Morgan fingerprint density at radius 1 is 1.30 bits per heavy atom. The van der Waals surface area contributed by atoms with Crippen LogP contribution in [0.25, 0.3) is 0 Å². The topological polar surface area (TPSA) is 74.0 Å². The Balaban J connectivity index is 1.40. The lowest BCUT2D eigenvalue weighted by molar-refractivity contribution is -0.119. The van der Waals surface area contributed by atoms with Gasteiger partial charge in [-0.05, 0) is 62.1 Å². The van der Waals surface area contributed by atoms with E-state index in [1.807, 2.05) is 18.4 Å². The van der Waals surface area contributed by atoms with Crippen LogP contribution in [-0.4, -0.2) is 61.4 Å². The first-order valence-corrected chi connectivity index (χ1v) is 11.0. The van der Waals surface area contributed by atoms with Gasteiger partial charge in [0.25, 0.3) is 0 Å². The predicted octanol–water partition coefficient (Wildman–Crippen LogP) is 2.12. The molecule has 1 amide bonds. The molecule has 0 saturated carbocycles. The molecule has 2 aliphatic rings. The van der Waals surface area contributed by atoms with Gasteiger partial charge in [-0.15, -0.1) is 11.3 Å². The standard InChI is InChI=1S/C20H33N5OS/c1-22-20(25-8-2-4-17(14-25)12-19(21)26)23-13-16-6-9-24(10-7-16)15-18-5-3-11-27-18/h3,5,11,16-17H,2,4,6-10,12-15H2,1H3,(H2,21,26)(H,22,23). The third kappa shape index (κ3) is 6.21. The van der Waals surface area contributed by atoms with E-state index < -0.39 is 0 Å². The van der Waals surface area contributed by atoms with Crippen molar-refractivity contribution in [3.63, 3.8) is 0 Å². The second-order valence-electron chi connectivity index (χ2n) is 7.85. The van der Waals surface area contributed by atoms with Gasteiger partial charge in [0.1, 0.15) is 0 Å². The molecule has 0 radical (unpaired) electrons. The van der Waals surface area contributed by atoms with Crippen molar-refractivity contribution < 1.29 is 4.79 Å². The molecule has 27 heavy (non-hydrogen) atoms. The number of likely N-dealkylation sites (tertiary alicyclic amines) is 2. The number of carbonyl (C=O) groups excluding carboxylic acids is 1. The second-order valence-corrected chi connectivity index (χ2v) is 8.88. The quantitative estimate of drug-likeness (QED) is 0.575. The smallest absolute Gasteiger partial charge is 0.217 e. The Morgan fingerprint density at radius 3 is 2.78 bits per heavy atom. The fraction of sp³-hybridized carbons (Fsp3) is 0.700. The van der Waals surface area contributed by atoms with Gasteiger partial charge in [0.2, 0.25) is 5.91 Å². The van der Waals surface area contributed by atoms with Crippen LogP contribution in [0, 0.1) is 11.8 Å². The van der Waals surface area contributed by atoms with Crippen molar-refractivity contribution in [3.05, 3.63) is 22.4 Å². The summed E-state index contributed by atoms with van der Waals surface area (Å²) in [7, 11) is 1.85. The summed E-state index contributed by atoms with van der Waals surface area (Å²) in [6, 6.07) is 4.36. The molecule has 0 aromatic carbocycles. The summed E-state index contributed by atoms with van der Waals surface area (Å²) in [6.07, 6.45) is 5.13. The number of rotatable bonds is 6. The van der Waals surface area contributed by atoms with Gasteiger partial charge in [0.15, 0.2) is 5.96 Å². The first-order valence-electron chi connectivity index (χ1n) is 10.1. The van der Waals surface area contributed by atoms with Gasteiger partial charge in [0, 0.05) is 44.5 Å². The van der Waals surface area contributed by atoms with E-state index >= 15 is 0 Å². The van der Waals surface area contributed by atoms with Crippen LogP contribution < -0.4 is 11.1 Å². The van der Waals surface area contributed by atoms with Crippen molar-refractivity contribution in [1.82, 2.24) is 15.1 Å². The molecule has 3 rings (SSSR count). The maximum Gasteiger partial charge on any atom is 0.217 e. The second kappa shape index (κ2) is 10.1. The van der Waals surface area contributed by atoms with Gasteiger partial charge in [-0.25, -0.2) is 0 Å². The van der Waals surface area contributed by atoms with E-state index in [1.54, 1.807) is 0 Å². The number of primary amides is 1. The highest BCUT2D eigenvalue weighted by molar-refractivity contribution is 7.09. The zero-order valence-electron chi connectivity index (χ0n) is 16.4. The Hall–Kier alpha value is -1.60. The molecule has 1 unspecified atom stereocenters. The van der Waals surface area contributed by atoms with Crippen LogP contribution in [0.4, 0.5) is 0 Å². The summed E-state index contributed by atoms with van der Waals surface area (Å²) in [5, 5.41) is 5.75. The summed E-state index contributed by atoms with van der Waals surface area (Å²) in [6.45, 7) is 6.31. The Kier molecular flexibility index (Phi) is 7.52. The highest BCUT2D eigenvalue weighted by Crippen LogP contribution is 2.21. The van der Waals surface area contributed by atoms with Crippen LogP contribution in [0.3, 0.4) is 0 Å². The van der Waals surface area contributed by atoms with Crippen LogP contribution >= 0.6 is 11.3 Å². The van der Waals surface area contributed by atoms with Crippen molar-refractivity contribution in [3.8, 4) is 0 Å². The molecule has 2 aliphatic heterocycles. The highest BCUT2D eigenvalue weighted by Gasteiger charge is 2.25. The van der Waals surface area contributed by atoms with Crippen LogP contribution in [0.5, 0.6) is 0 Å². The molecule has 1 aromatic rings. The van der Waals surface area contributed by atoms with Crippen molar-refractivity contribution in [1.29, 1.82) is 0 Å². The molecule has 0 aliphatic carbocycles. The molecule has 0 bridgehead atoms. The lowest BCUT2D eigenvalue weighted by Gasteiger charge is -2.36. The van der Waals surface area contributed by atoms with Crippen LogP contribution in [0.15, 0.2) is 22.5 Å². The number of piperidine rings is 2. The largest absolute Gasteiger partial charge is 0.370 e. The number of carbonyl (C=O) groups is 1. The number of amides is 1. The minimum atomic E-state index is -0.195. The molecule has 3 heterocycles. The zero-order chi connectivity index (χ0) is 19.1. The molecular weight excluding hydrogens is 358 g/mol. The predicted molar refractivity (Wildman–Crippen MR) is 112 cm³/mol. The fourth-order valence-corrected chi connectivity index (χ4v) is 4.99. The monoisotopic (exact) mass is 391 g/mol. The van der Waals surface area contributed by atoms with E-state index in [0.29, 0.717) is 18.3 Å². The van der Waals surface area contributed by atoms with Crippen molar-refractivity contribution in [2.75, 3.05) is 39.8 Å². The van der Waals surface area contributed by atoms with E-state index in [0.717, 1.165) is 45.0 Å². The average molecular weight is 392 g/mol. The maximum atomic E-state index is 11.2. The van der Waals surface area contributed by atoms with E-state index in [2.05, 4.69) is 37.6 Å². The summed E-state index contributed by atoms with van der Waals surface area (Å²) in [5.41, 5.74) is 5.38. The average Bonchev–Trinajstić information content (AvgIpc) is 3.16. The maximum absolute atomic E-state index is 11.2. The lowest BCUT2D eigenvalue weighted by atomic mass is 9.94. The fourth-order valence-electron chi connectivity index (χ4n) is 4.25. The lowest BCUT2D eigenvalue weighted by Crippen LogP contribution is -2.48. The van der Waals surface area contributed by atoms with Crippen LogP contribution in [-0.2, 0) is 11.3 Å². The summed E-state index contributed by atoms with van der Waals surface area (Å²) in [4.78, 5) is 22.0. The molecule has 1 aromatic heterocycles. The van der Waals surface area contributed by atoms with Gasteiger partial charge in [-0.1, -0.05) is 6.07 Å². The van der Waals surface area contributed by atoms with E-state index in [-0.39, 0.29) is 5.91 Å². The van der Waals surface area contributed by atoms with Crippen molar-refractivity contribution in [2.45, 2.75) is 38.6 Å². The third-order valence-electron chi connectivity index (χ3n) is 5.74. The first kappa shape index (κ1) is 20.1. The number of hydrogen-bond acceptors (Lipinski definition) is 4. The molecule has 6 nitrogen and oxygen atoms in total. The van der Waals surface area contributed by atoms with Crippen LogP contribution in [0.2, 0.25) is 0 Å². The van der Waals surface area contributed by atoms with Crippen LogP contribution in [0.1, 0.15) is 37.0 Å². The Bertz CT molecular complexity index is 610. The summed E-state index contributed by atoms with van der Waals surface area (Å²) < 4.78 is 0. The Labute approximate surface area is 166 Å². The van der Waals surface area contributed by atoms with Crippen molar-refractivity contribution in [2.24, 2.45) is 22.6 Å². The third-order valence-corrected chi connectivity index (χ3v) is 6.60. The summed E-state index contributed by atoms with van der Waals surface area (Å²) in [5.74, 6) is 1.84. The van der Waals surface area contributed by atoms with Gasteiger partial charge >= 0.3 is 0 Å². The number of nitrogens with one attached hydrogen (secondary N) is 1.